The van der Waals surface area contributed by atoms with Crippen LogP contribution in [0.25, 0.3) is 6.08 Å². The molecule has 0 aromatic heterocycles. The summed E-state index contributed by atoms with van der Waals surface area (Å²) in [5.74, 6) is -0.417. The molecule has 0 aliphatic heterocycles. The Kier molecular flexibility index (Phi) is 7.14. The minimum atomic E-state index is -3.68. The lowest BCUT2D eigenvalue weighted by atomic mass is 10.2. The fourth-order valence-electron chi connectivity index (χ4n) is 2.88. The number of sulfonamides is 1. The average Bonchev–Trinajstić information content (AvgIpc) is 2.79. The number of anilines is 1. The molecular weight excluding hydrogens is 430 g/mol. The average molecular weight is 452 g/mol. The van der Waals surface area contributed by atoms with Crippen LogP contribution in [0.15, 0.2) is 89.8 Å². The second kappa shape index (κ2) is 9.99. The first-order valence-corrected chi connectivity index (χ1v) is 11.0. The molecule has 8 nitrogen and oxygen atoms in total. The standard InChI is InChI=1S/C23H21N3O5S/c1-25(17-19-5-3-2-4-6-19)32(30,31)22-14-10-20(11-15-22)24-23(27)16-9-18-7-12-21(13-8-18)26(28)29/h2-16H,17H2,1H3,(H,24,27)/b16-9+. The highest BCUT2D eigenvalue weighted by Crippen LogP contribution is 2.19. The maximum atomic E-state index is 12.8. The largest absolute Gasteiger partial charge is 0.323 e. The number of carbonyl (C=O) groups excluding carboxylic acids is 1. The van der Waals surface area contributed by atoms with Gasteiger partial charge in [0.15, 0.2) is 0 Å². The Hall–Kier alpha value is -3.82. The first-order valence-electron chi connectivity index (χ1n) is 9.59. The minimum absolute atomic E-state index is 0.0314. The molecule has 3 aromatic rings. The van der Waals surface area contributed by atoms with E-state index in [0.717, 1.165) is 5.56 Å². The zero-order valence-electron chi connectivity index (χ0n) is 17.2. The van der Waals surface area contributed by atoms with Gasteiger partial charge in [-0.25, -0.2) is 8.42 Å². The number of nitrogens with zero attached hydrogens (tertiary/aromatic N) is 2. The first kappa shape index (κ1) is 22.9. The number of nitrogens with one attached hydrogen (secondary N) is 1. The Morgan fingerprint density at radius 1 is 1.00 bits per heavy atom. The third-order valence-electron chi connectivity index (χ3n) is 4.61. The summed E-state index contributed by atoms with van der Waals surface area (Å²) in [4.78, 5) is 22.4. The summed E-state index contributed by atoms with van der Waals surface area (Å²) in [6, 6.07) is 21.0. The molecule has 0 atom stereocenters. The van der Waals surface area contributed by atoms with E-state index in [9.17, 15) is 23.3 Å². The van der Waals surface area contributed by atoms with Crippen molar-refractivity contribution < 1.29 is 18.1 Å². The smallest absolute Gasteiger partial charge is 0.269 e. The van der Waals surface area contributed by atoms with Gasteiger partial charge < -0.3 is 5.32 Å². The summed E-state index contributed by atoms with van der Waals surface area (Å²) < 4.78 is 26.8. The van der Waals surface area contributed by atoms with Gasteiger partial charge in [0.2, 0.25) is 15.9 Å². The molecule has 0 heterocycles. The van der Waals surface area contributed by atoms with Gasteiger partial charge in [0, 0.05) is 37.5 Å². The molecule has 3 rings (SSSR count). The Morgan fingerprint density at radius 2 is 1.62 bits per heavy atom. The van der Waals surface area contributed by atoms with Crippen molar-refractivity contribution in [1.29, 1.82) is 0 Å². The second-order valence-electron chi connectivity index (χ2n) is 6.94. The number of hydrogen-bond acceptors (Lipinski definition) is 5. The molecule has 0 spiro atoms. The Labute approximate surface area is 186 Å². The third kappa shape index (κ3) is 5.87. The van der Waals surface area contributed by atoms with E-state index in [1.165, 1.54) is 72.0 Å². The Bertz CT molecular complexity index is 1220. The lowest BCUT2D eigenvalue weighted by molar-refractivity contribution is -0.384. The van der Waals surface area contributed by atoms with E-state index in [1.807, 2.05) is 30.3 Å². The van der Waals surface area contributed by atoms with Crippen molar-refractivity contribution in [2.45, 2.75) is 11.4 Å². The number of benzene rings is 3. The van der Waals surface area contributed by atoms with E-state index in [4.69, 9.17) is 0 Å². The molecule has 0 unspecified atom stereocenters. The molecule has 3 aromatic carbocycles. The second-order valence-corrected chi connectivity index (χ2v) is 8.99. The topological polar surface area (TPSA) is 110 Å². The molecule has 0 fully saturated rings. The van der Waals surface area contributed by atoms with Crippen LogP contribution in [0.2, 0.25) is 0 Å². The van der Waals surface area contributed by atoms with Crippen molar-refractivity contribution in [3.8, 4) is 0 Å². The van der Waals surface area contributed by atoms with E-state index in [0.29, 0.717) is 11.3 Å². The predicted molar refractivity (Wildman–Crippen MR) is 122 cm³/mol. The number of amides is 1. The van der Waals surface area contributed by atoms with Gasteiger partial charge in [-0.2, -0.15) is 4.31 Å². The summed E-state index contributed by atoms with van der Waals surface area (Å²) in [6.45, 7) is 0.245. The summed E-state index contributed by atoms with van der Waals surface area (Å²) >= 11 is 0. The molecule has 32 heavy (non-hydrogen) atoms. The lowest BCUT2D eigenvalue weighted by Crippen LogP contribution is -2.26. The normalized spacial score (nSPS) is 11.6. The number of nitro benzene ring substituents is 1. The molecular formula is C23H21N3O5S. The highest BCUT2D eigenvalue weighted by molar-refractivity contribution is 7.89. The molecule has 9 heteroatoms. The van der Waals surface area contributed by atoms with Gasteiger partial charge in [0.05, 0.1) is 9.82 Å². The molecule has 0 bridgehead atoms. The molecule has 1 amide bonds. The Morgan fingerprint density at radius 3 is 2.22 bits per heavy atom. The van der Waals surface area contributed by atoms with E-state index >= 15 is 0 Å². The summed E-state index contributed by atoms with van der Waals surface area (Å²) in [7, 11) is -2.16. The quantitative estimate of drug-likeness (QED) is 0.315. The van der Waals surface area contributed by atoms with Gasteiger partial charge >= 0.3 is 0 Å². The summed E-state index contributed by atoms with van der Waals surface area (Å²) in [5.41, 5.74) is 1.92. The highest BCUT2D eigenvalue weighted by Gasteiger charge is 2.20. The number of rotatable bonds is 8. The molecule has 164 valence electrons. The number of nitro groups is 1. The SMILES string of the molecule is CN(Cc1ccccc1)S(=O)(=O)c1ccc(NC(=O)/C=C/c2ccc([N+](=O)[O-])cc2)cc1. The van der Waals surface area contributed by atoms with Crippen molar-refractivity contribution in [3.05, 3.63) is 106 Å². The summed E-state index contributed by atoms with van der Waals surface area (Å²) in [5, 5.41) is 13.3. The van der Waals surface area contributed by atoms with Gasteiger partial charge in [-0.05, 0) is 53.6 Å². The molecule has 0 radical (unpaired) electrons. The molecule has 0 aliphatic rings. The van der Waals surface area contributed by atoms with Crippen molar-refractivity contribution in [2.75, 3.05) is 12.4 Å². The van der Waals surface area contributed by atoms with Crippen LogP contribution in [0.5, 0.6) is 0 Å². The van der Waals surface area contributed by atoms with Crippen LogP contribution in [0.3, 0.4) is 0 Å². The van der Waals surface area contributed by atoms with Crippen LogP contribution < -0.4 is 5.32 Å². The van der Waals surface area contributed by atoms with E-state index in [2.05, 4.69) is 5.32 Å². The van der Waals surface area contributed by atoms with E-state index in [-0.39, 0.29) is 17.1 Å². The van der Waals surface area contributed by atoms with Gasteiger partial charge in [-0.1, -0.05) is 30.3 Å². The van der Waals surface area contributed by atoms with Gasteiger partial charge in [-0.3, -0.25) is 14.9 Å². The van der Waals surface area contributed by atoms with Crippen LogP contribution in [0, 0.1) is 10.1 Å². The van der Waals surface area contributed by atoms with E-state index in [1.54, 1.807) is 0 Å². The fraction of sp³-hybridized carbons (Fsp3) is 0.0870. The van der Waals surface area contributed by atoms with Crippen molar-refractivity contribution in [1.82, 2.24) is 4.31 Å². The molecule has 0 aliphatic carbocycles. The fourth-order valence-corrected chi connectivity index (χ4v) is 4.04. The number of hydrogen-bond donors (Lipinski definition) is 1. The Balaban J connectivity index is 1.62. The summed E-state index contributed by atoms with van der Waals surface area (Å²) in [6.07, 6.45) is 2.82. The monoisotopic (exact) mass is 451 g/mol. The van der Waals surface area contributed by atoms with Crippen LogP contribution >= 0.6 is 0 Å². The maximum Gasteiger partial charge on any atom is 0.269 e. The van der Waals surface area contributed by atoms with Crippen LogP contribution in [-0.4, -0.2) is 30.6 Å². The molecule has 0 saturated carbocycles. The third-order valence-corrected chi connectivity index (χ3v) is 6.43. The first-order chi connectivity index (χ1) is 15.3. The zero-order chi connectivity index (χ0) is 23.1. The lowest BCUT2D eigenvalue weighted by Gasteiger charge is -2.17. The number of non-ortho nitro benzene ring substituents is 1. The van der Waals surface area contributed by atoms with Crippen LogP contribution in [-0.2, 0) is 21.4 Å². The highest BCUT2D eigenvalue weighted by atomic mass is 32.2. The zero-order valence-corrected chi connectivity index (χ0v) is 18.0. The van der Waals surface area contributed by atoms with Gasteiger partial charge in [0.1, 0.15) is 0 Å². The van der Waals surface area contributed by atoms with Crippen molar-refractivity contribution in [3.63, 3.8) is 0 Å². The van der Waals surface area contributed by atoms with Crippen molar-refractivity contribution >= 4 is 33.4 Å². The van der Waals surface area contributed by atoms with Gasteiger partial charge in [-0.15, -0.1) is 0 Å². The maximum absolute atomic E-state index is 12.8. The molecule has 1 N–H and O–H groups in total. The van der Waals surface area contributed by atoms with Crippen LogP contribution in [0.1, 0.15) is 11.1 Å². The van der Waals surface area contributed by atoms with Crippen LogP contribution in [0.4, 0.5) is 11.4 Å². The minimum Gasteiger partial charge on any atom is -0.323 e. The number of carbonyl (C=O) groups is 1. The van der Waals surface area contributed by atoms with E-state index < -0.39 is 20.9 Å². The molecule has 0 saturated heterocycles. The van der Waals surface area contributed by atoms with Gasteiger partial charge in [0.25, 0.3) is 5.69 Å². The van der Waals surface area contributed by atoms with Crippen molar-refractivity contribution in [2.24, 2.45) is 0 Å². The predicted octanol–water partition coefficient (Wildman–Crippen LogP) is 4.07.